The lowest BCUT2D eigenvalue weighted by molar-refractivity contribution is -0.144. The molecule has 0 aliphatic rings. The number of amides is 1. The predicted octanol–water partition coefficient (Wildman–Crippen LogP) is 2.41. The second kappa shape index (κ2) is 6.52. The summed E-state index contributed by atoms with van der Waals surface area (Å²) >= 11 is 5.71. The second-order valence-corrected chi connectivity index (χ2v) is 4.70. The van der Waals surface area contributed by atoms with Gasteiger partial charge in [0.15, 0.2) is 0 Å². The average molecular weight is 288 g/mol. The summed E-state index contributed by atoms with van der Waals surface area (Å²) in [7, 11) is 1.24. The van der Waals surface area contributed by atoms with Crippen LogP contribution in [0.15, 0.2) is 18.2 Å². The van der Waals surface area contributed by atoms with Crippen LogP contribution in [0.2, 0.25) is 5.02 Å². The molecule has 0 bridgehead atoms. The maximum atomic E-state index is 13.3. The first kappa shape index (κ1) is 15.4. The summed E-state index contributed by atoms with van der Waals surface area (Å²) in [5, 5.41) is 2.22. The van der Waals surface area contributed by atoms with E-state index >= 15 is 0 Å². The summed E-state index contributed by atoms with van der Waals surface area (Å²) in [6.07, 6.45) is 0. The van der Waals surface area contributed by atoms with Gasteiger partial charge in [0.25, 0.3) is 5.91 Å². The fraction of sp³-hybridized carbons (Fsp3) is 0.385. The Hall–Kier alpha value is -1.62. The van der Waals surface area contributed by atoms with Crippen molar-refractivity contribution in [3.05, 3.63) is 34.6 Å². The summed E-state index contributed by atoms with van der Waals surface area (Å²) in [6.45, 7) is 3.52. The van der Waals surface area contributed by atoms with E-state index in [9.17, 15) is 14.0 Å². The van der Waals surface area contributed by atoms with Gasteiger partial charge in [0.2, 0.25) is 0 Å². The number of carbonyl (C=O) groups excluding carboxylic acids is 2. The van der Waals surface area contributed by atoms with Crippen LogP contribution in [0.25, 0.3) is 0 Å². The van der Waals surface area contributed by atoms with Crippen molar-refractivity contribution in [1.82, 2.24) is 5.32 Å². The molecule has 0 saturated heterocycles. The highest BCUT2D eigenvalue weighted by Gasteiger charge is 2.26. The molecular weight excluding hydrogens is 273 g/mol. The summed E-state index contributed by atoms with van der Waals surface area (Å²) in [5.74, 6) is -2.03. The Kier molecular flexibility index (Phi) is 5.30. The first-order valence-electron chi connectivity index (χ1n) is 5.71. The van der Waals surface area contributed by atoms with Gasteiger partial charge in [0.1, 0.15) is 11.9 Å². The van der Waals surface area contributed by atoms with Crippen LogP contribution in [0.5, 0.6) is 0 Å². The molecule has 1 N–H and O–H groups in total. The third kappa shape index (κ3) is 3.67. The van der Waals surface area contributed by atoms with Crippen molar-refractivity contribution in [2.45, 2.75) is 19.9 Å². The largest absolute Gasteiger partial charge is 0.467 e. The standard InChI is InChI=1S/C13H15ClFNO3/c1-7(2)11(13(18)19-3)16-12(17)8-5-4-6-9(15)10(8)14/h4-7,11H,1-3H3,(H,16,17). The first-order chi connectivity index (χ1) is 8.88. The second-order valence-electron chi connectivity index (χ2n) is 4.32. The molecule has 0 aromatic heterocycles. The Morgan fingerprint density at radius 2 is 2.00 bits per heavy atom. The normalized spacial score (nSPS) is 12.1. The number of halogens is 2. The van der Waals surface area contributed by atoms with Crippen LogP contribution in [0, 0.1) is 11.7 Å². The van der Waals surface area contributed by atoms with E-state index in [-0.39, 0.29) is 16.5 Å². The van der Waals surface area contributed by atoms with Crippen molar-refractivity contribution in [3.8, 4) is 0 Å². The van der Waals surface area contributed by atoms with E-state index < -0.39 is 23.7 Å². The number of benzene rings is 1. The molecule has 1 atom stereocenters. The van der Waals surface area contributed by atoms with E-state index in [0.29, 0.717) is 0 Å². The lowest BCUT2D eigenvalue weighted by Gasteiger charge is -2.20. The zero-order valence-corrected chi connectivity index (χ0v) is 11.6. The smallest absolute Gasteiger partial charge is 0.328 e. The minimum atomic E-state index is -0.808. The van der Waals surface area contributed by atoms with E-state index in [1.165, 1.54) is 19.2 Å². The van der Waals surface area contributed by atoms with Gasteiger partial charge in [-0.05, 0) is 18.1 Å². The van der Waals surface area contributed by atoms with Crippen LogP contribution in [0.3, 0.4) is 0 Å². The van der Waals surface area contributed by atoms with Crippen LogP contribution < -0.4 is 5.32 Å². The van der Waals surface area contributed by atoms with Gasteiger partial charge in [-0.25, -0.2) is 9.18 Å². The zero-order valence-electron chi connectivity index (χ0n) is 10.9. The van der Waals surface area contributed by atoms with E-state index in [0.717, 1.165) is 6.07 Å². The number of hydrogen-bond acceptors (Lipinski definition) is 3. The average Bonchev–Trinajstić information content (AvgIpc) is 2.37. The quantitative estimate of drug-likeness (QED) is 0.865. The van der Waals surface area contributed by atoms with E-state index in [4.69, 9.17) is 11.6 Å². The van der Waals surface area contributed by atoms with Crippen LogP contribution in [0.1, 0.15) is 24.2 Å². The SMILES string of the molecule is COC(=O)C(NC(=O)c1cccc(F)c1Cl)C(C)C. The van der Waals surface area contributed by atoms with Crippen LogP contribution >= 0.6 is 11.6 Å². The van der Waals surface area contributed by atoms with Gasteiger partial charge >= 0.3 is 5.97 Å². The molecule has 1 rings (SSSR count). The van der Waals surface area contributed by atoms with Gasteiger partial charge < -0.3 is 10.1 Å². The van der Waals surface area contributed by atoms with Crippen molar-refractivity contribution in [3.63, 3.8) is 0 Å². The number of carbonyl (C=O) groups is 2. The number of rotatable bonds is 4. The Bertz CT molecular complexity index is 491. The lowest BCUT2D eigenvalue weighted by atomic mass is 10.0. The first-order valence-corrected chi connectivity index (χ1v) is 6.09. The molecule has 0 aliphatic heterocycles. The number of nitrogens with one attached hydrogen (secondary N) is 1. The molecule has 1 aromatic rings. The highest BCUT2D eigenvalue weighted by molar-refractivity contribution is 6.34. The van der Waals surface area contributed by atoms with Gasteiger partial charge in [0.05, 0.1) is 17.7 Å². The topological polar surface area (TPSA) is 55.4 Å². The molecule has 4 nitrogen and oxygen atoms in total. The van der Waals surface area contributed by atoms with Gasteiger partial charge in [0, 0.05) is 0 Å². The molecule has 0 heterocycles. The number of hydrogen-bond donors (Lipinski definition) is 1. The highest BCUT2D eigenvalue weighted by atomic mass is 35.5. The fourth-order valence-electron chi connectivity index (χ4n) is 1.52. The monoisotopic (exact) mass is 287 g/mol. The lowest BCUT2D eigenvalue weighted by Crippen LogP contribution is -2.45. The Morgan fingerprint density at radius 3 is 2.53 bits per heavy atom. The highest BCUT2D eigenvalue weighted by Crippen LogP contribution is 2.20. The van der Waals surface area contributed by atoms with Crippen molar-refractivity contribution in [2.75, 3.05) is 7.11 Å². The predicted molar refractivity (Wildman–Crippen MR) is 69.5 cm³/mol. The minimum Gasteiger partial charge on any atom is -0.467 e. The van der Waals surface area contributed by atoms with Gasteiger partial charge in [-0.2, -0.15) is 0 Å². The maximum Gasteiger partial charge on any atom is 0.328 e. The molecule has 1 unspecified atom stereocenters. The maximum absolute atomic E-state index is 13.3. The van der Waals surface area contributed by atoms with Crippen molar-refractivity contribution >= 4 is 23.5 Å². The Labute approximate surface area is 115 Å². The zero-order chi connectivity index (χ0) is 14.6. The molecule has 0 aliphatic carbocycles. The molecule has 1 amide bonds. The minimum absolute atomic E-state index is 0.0174. The molecule has 104 valence electrons. The van der Waals surface area contributed by atoms with Crippen molar-refractivity contribution in [2.24, 2.45) is 5.92 Å². The summed E-state index contributed by atoms with van der Waals surface area (Å²) in [5.41, 5.74) is -0.0174. The van der Waals surface area contributed by atoms with E-state index in [2.05, 4.69) is 10.1 Å². The third-order valence-electron chi connectivity index (χ3n) is 2.60. The van der Waals surface area contributed by atoms with E-state index in [1.807, 2.05) is 0 Å². The number of ether oxygens (including phenoxy) is 1. The summed E-state index contributed by atoms with van der Waals surface area (Å²) in [6, 6.07) is 3.10. The molecule has 0 spiro atoms. The van der Waals surface area contributed by atoms with Crippen molar-refractivity contribution in [1.29, 1.82) is 0 Å². The molecule has 19 heavy (non-hydrogen) atoms. The molecular formula is C13H15ClFNO3. The van der Waals surface area contributed by atoms with Crippen LogP contribution in [0.4, 0.5) is 4.39 Å². The molecule has 6 heteroatoms. The van der Waals surface area contributed by atoms with Gasteiger partial charge in [-0.15, -0.1) is 0 Å². The van der Waals surface area contributed by atoms with Gasteiger partial charge in [-0.1, -0.05) is 31.5 Å². The molecule has 1 aromatic carbocycles. The summed E-state index contributed by atoms with van der Waals surface area (Å²) < 4.78 is 17.9. The summed E-state index contributed by atoms with van der Waals surface area (Å²) in [4.78, 5) is 23.5. The van der Waals surface area contributed by atoms with Crippen LogP contribution in [-0.4, -0.2) is 25.0 Å². The Morgan fingerprint density at radius 1 is 1.37 bits per heavy atom. The Balaban J connectivity index is 2.94. The van der Waals surface area contributed by atoms with E-state index in [1.54, 1.807) is 13.8 Å². The molecule has 0 radical (unpaired) electrons. The third-order valence-corrected chi connectivity index (χ3v) is 2.99. The number of esters is 1. The van der Waals surface area contributed by atoms with Crippen molar-refractivity contribution < 1.29 is 18.7 Å². The van der Waals surface area contributed by atoms with Gasteiger partial charge in [-0.3, -0.25) is 4.79 Å². The molecule has 0 saturated carbocycles. The number of methoxy groups -OCH3 is 1. The fourth-order valence-corrected chi connectivity index (χ4v) is 1.73. The van der Waals surface area contributed by atoms with Crippen LogP contribution in [-0.2, 0) is 9.53 Å². The molecule has 0 fully saturated rings.